The quantitative estimate of drug-likeness (QED) is 0.435. The Morgan fingerprint density at radius 3 is 2.69 bits per heavy atom. The number of nitrogens with one attached hydrogen (secondary N) is 1. The van der Waals surface area contributed by atoms with Gasteiger partial charge >= 0.3 is 0 Å². The molecular weight excluding hydrogens is 448 g/mol. The molecule has 2 aromatic heterocycles. The summed E-state index contributed by atoms with van der Waals surface area (Å²) >= 11 is 0. The Bertz CT molecular complexity index is 1350. The number of furan rings is 1. The first-order chi connectivity index (χ1) is 17.1. The summed E-state index contributed by atoms with van der Waals surface area (Å²) in [6, 6.07) is 17.1. The minimum atomic E-state index is -0.465. The number of anilines is 1. The number of morpholine rings is 1. The number of nitrogens with zero attached hydrogens (tertiary/aromatic N) is 3. The molecule has 1 fully saturated rings. The Labute approximate surface area is 202 Å². The molecule has 0 saturated carbocycles. The number of fused-ring (bicyclic) bond motifs is 1. The van der Waals surface area contributed by atoms with Crippen LogP contribution in [0.15, 0.2) is 65.2 Å². The van der Waals surface area contributed by atoms with Crippen molar-refractivity contribution in [3.63, 3.8) is 0 Å². The smallest absolute Gasteiger partial charge is 0.291 e. The molecule has 0 spiro atoms. The molecule has 1 aliphatic rings. The summed E-state index contributed by atoms with van der Waals surface area (Å²) in [7, 11) is 0. The van der Waals surface area contributed by atoms with E-state index in [0.29, 0.717) is 50.0 Å². The average Bonchev–Trinajstić information content (AvgIpc) is 3.54. The van der Waals surface area contributed by atoms with Gasteiger partial charge in [-0.25, -0.2) is 0 Å². The van der Waals surface area contributed by atoms with Gasteiger partial charge in [0.1, 0.15) is 23.8 Å². The topological polar surface area (TPSA) is 98.8 Å². The molecule has 9 nitrogen and oxygen atoms in total. The molecule has 0 unspecified atom stereocenters. The molecule has 0 radical (unpaired) electrons. The van der Waals surface area contributed by atoms with Crippen LogP contribution in [0.2, 0.25) is 0 Å². The average molecular weight is 475 g/mol. The van der Waals surface area contributed by atoms with Gasteiger partial charge in [0, 0.05) is 25.0 Å². The Kier molecular flexibility index (Phi) is 6.49. The standard InChI is InChI=1S/C26H26N4O5/c1-2-30-24(26(32)29-12-14-33-15-13-29)21(16-27-30)28-25(31)23-11-10-19(35-23)17-34-22-9-5-7-18-6-3-4-8-20(18)22/h3-11,16H,2,12-15,17H2,1H3,(H,28,31). The first-order valence-electron chi connectivity index (χ1n) is 11.6. The molecule has 9 heteroatoms. The Hall–Kier alpha value is -4.11. The number of amides is 2. The third kappa shape index (κ3) is 4.76. The maximum absolute atomic E-state index is 13.1. The second-order valence-corrected chi connectivity index (χ2v) is 8.11. The van der Waals surface area contributed by atoms with E-state index in [1.165, 1.54) is 6.20 Å². The summed E-state index contributed by atoms with van der Waals surface area (Å²) in [4.78, 5) is 27.7. The van der Waals surface area contributed by atoms with Crippen molar-refractivity contribution in [3.8, 4) is 5.75 Å². The van der Waals surface area contributed by atoms with E-state index >= 15 is 0 Å². The van der Waals surface area contributed by atoms with Crippen LogP contribution in [0.25, 0.3) is 10.8 Å². The number of aryl methyl sites for hydroxylation is 1. The van der Waals surface area contributed by atoms with E-state index in [9.17, 15) is 9.59 Å². The molecule has 2 aromatic carbocycles. The molecule has 1 aliphatic heterocycles. The second-order valence-electron chi connectivity index (χ2n) is 8.11. The van der Waals surface area contributed by atoms with E-state index in [1.807, 2.05) is 49.4 Å². The number of aromatic nitrogens is 2. The summed E-state index contributed by atoms with van der Waals surface area (Å²) in [6.45, 7) is 4.54. The zero-order valence-electron chi connectivity index (χ0n) is 19.4. The first kappa shape index (κ1) is 22.7. The molecule has 5 rings (SSSR count). The number of ether oxygens (including phenoxy) is 2. The number of carbonyl (C=O) groups excluding carboxylic acids is 2. The molecule has 0 aliphatic carbocycles. The molecule has 2 amide bonds. The zero-order chi connectivity index (χ0) is 24.2. The van der Waals surface area contributed by atoms with Crippen LogP contribution in [-0.2, 0) is 17.9 Å². The van der Waals surface area contributed by atoms with Gasteiger partial charge in [-0.3, -0.25) is 14.3 Å². The summed E-state index contributed by atoms with van der Waals surface area (Å²) < 4.78 is 18.6. The van der Waals surface area contributed by atoms with Crippen LogP contribution in [-0.4, -0.2) is 52.8 Å². The predicted molar refractivity (Wildman–Crippen MR) is 130 cm³/mol. The minimum Gasteiger partial charge on any atom is -0.485 e. The van der Waals surface area contributed by atoms with Gasteiger partial charge in [-0.05, 0) is 30.5 Å². The largest absolute Gasteiger partial charge is 0.485 e. The Balaban J connectivity index is 1.28. The molecule has 0 bridgehead atoms. The van der Waals surface area contributed by atoms with Gasteiger partial charge < -0.3 is 24.1 Å². The van der Waals surface area contributed by atoms with Crippen molar-refractivity contribution in [2.24, 2.45) is 0 Å². The highest BCUT2D eigenvalue weighted by molar-refractivity contribution is 6.07. The number of hydrogen-bond acceptors (Lipinski definition) is 6. The molecule has 1 N–H and O–H groups in total. The Morgan fingerprint density at radius 1 is 1.06 bits per heavy atom. The lowest BCUT2D eigenvalue weighted by Gasteiger charge is -2.27. The van der Waals surface area contributed by atoms with Crippen LogP contribution in [0.3, 0.4) is 0 Å². The van der Waals surface area contributed by atoms with Crippen LogP contribution in [0.1, 0.15) is 33.7 Å². The monoisotopic (exact) mass is 474 g/mol. The maximum atomic E-state index is 13.1. The summed E-state index contributed by atoms with van der Waals surface area (Å²) in [5.41, 5.74) is 0.687. The lowest BCUT2D eigenvalue weighted by molar-refractivity contribution is 0.0295. The lowest BCUT2D eigenvalue weighted by Crippen LogP contribution is -2.41. The Morgan fingerprint density at radius 2 is 1.86 bits per heavy atom. The summed E-state index contributed by atoms with van der Waals surface area (Å²) in [6.07, 6.45) is 1.49. The molecule has 3 heterocycles. The lowest BCUT2D eigenvalue weighted by atomic mass is 10.1. The van der Waals surface area contributed by atoms with Crippen LogP contribution in [0, 0.1) is 0 Å². The molecule has 35 heavy (non-hydrogen) atoms. The van der Waals surface area contributed by atoms with Gasteiger partial charge in [0.2, 0.25) is 0 Å². The molecule has 1 saturated heterocycles. The van der Waals surface area contributed by atoms with Crippen molar-refractivity contribution in [1.82, 2.24) is 14.7 Å². The van der Waals surface area contributed by atoms with Crippen LogP contribution in [0.4, 0.5) is 5.69 Å². The third-order valence-electron chi connectivity index (χ3n) is 5.89. The van der Waals surface area contributed by atoms with E-state index in [2.05, 4.69) is 10.4 Å². The van der Waals surface area contributed by atoms with Crippen LogP contribution in [0.5, 0.6) is 5.75 Å². The summed E-state index contributed by atoms with van der Waals surface area (Å²) in [5.74, 6) is 0.718. The van der Waals surface area contributed by atoms with Crippen molar-refractivity contribution in [2.45, 2.75) is 20.1 Å². The minimum absolute atomic E-state index is 0.121. The molecular formula is C26H26N4O5. The fraction of sp³-hybridized carbons (Fsp3) is 0.269. The van der Waals surface area contributed by atoms with Crippen molar-refractivity contribution in [3.05, 3.63) is 78.0 Å². The molecule has 180 valence electrons. The highest BCUT2D eigenvalue weighted by Gasteiger charge is 2.26. The number of rotatable bonds is 7. The first-order valence-corrected chi connectivity index (χ1v) is 11.6. The van der Waals surface area contributed by atoms with Crippen molar-refractivity contribution >= 4 is 28.3 Å². The van der Waals surface area contributed by atoms with Gasteiger partial charge in [0.15, 0.2) is 5.76 Å². The van der Waals surface area contributed by atoms with E-state index in [4.69, 9.17) is 13.9 Å². The van der Waals surface area contributed by atoms with E-state index in [1.54, 1.807) is 21.7 Å². The normalized spacial score (nSPS) is 13.7. The maximum Gasteiger partial charge on any atom is 0.291 e. The van der Waals surface area contributed by atoms with E-state index < -0.39 is 5.91 Å². The second kappa shape index (κ2) is 10.0. The van der Waals surface area contributed by atoms with Gasteiger partial charge in [-0.2, -0.15) is 5.10 Å². The van der Waals surface area contributed by atoms with Crippen molar-refractivity contribution < 1.29 is 23.5 Å². The van der Waals surface area contributed by atoms with Crippen LogP contribution >= 0.6 is 0 Å². The van der Waals surface area contributed by atoms with Crippen molar-refractivity contribution in [1.29, 1.82) is 0 Å². The highest BCUT2D eigenvalue weighted by atomic mass is 16.5. The highest BCUT2D eigenvalue weighted by Crippen LogP contribution is 2.26. The number of hydrogen-bond donors (Lipinski definition) is 1. The number of benzene rings is 2. The zero-order valence-corrected chi connectivity index (χ0v) is 19.4. The van der Waals surface area contributed by atoms with Crippen molar-refractivity contribution in [2.75, 3.05) is 31.6 Å². The predicted octanol–water partition coefficient (Wildman–Crippen LogP) is 3.95. The molecule has 0 atom stereocenters. The SMILES string of the molecule is CCn1ncc(NC(=O)c2ccc(COc3cccc4ccccc34)o2)c1C(=O)N1CCOCC1. The van der Waals surface area contributed by atoms with Gasteiger partial charge in [-0.15, -0.1) is 0 Å². The van der Waals surface area contributed by atoms with Crippen LogP contribution < -0.4 is 10.1 Å². The molecule has 4 aromatic rings. The summed E-state index contributed by atoms with van der Waals surface area (Å²) in [5, 5.41) is 9.13. The fourth-order valence-electron chi connectivity index (χ4n) is 4.09. The number of carbonyl (C=O) groups is 2. The fourth-order valence-corrected chi connectivity index (χ4v) is 4.09. The van der Waals surface area contributed by atoms with Gasteiger partial charge in [0.05, 0.1) is 25.1 Å². The van der Waals surface area contributed by atoms with Gasteiger partial charge in [0.25, 0.3) is 11.8 Å². The van der Waals surface area contributed by atoms with E-state index in [0.717, 1.165) is 16.5 Å². The third-order valence-corrected chi connectivity index (χ3v) is 5.89. The van der Waals surface area contributed by atoms with E-state index in [-0.39, 0.29) is 18.3 Å². The van der Waals surface area contributed by atoms with Gasteiger partial charge in [-0.1, -0.05) is 36.4 Å².